The van der Waals surface area contributed by atoms with Crippen molar-refractivity contribution in [2.24, 2.45) is 0 Å². The monoisotopic (exact) mass is 266 g/mol. The van der Waals surface area contributed by atoms with Gasteiger partial charge in [-0.3, -0.25) is 4.84 Å². The van der Waals surface area contributed by atoms with Gasteiger partial charge in [-0.25, -0.2) is 9.59 Å². The highest BCUT2D eigenvalue weighted by atomic mass is 16.7. The molecular formula is C13H18N2O4. The van der Waals surface area contributed by atoms with Crippen molar-refractivity contribution in [1.82, 2.24) is 9.96 Å². The maximum atomic E-state index is 12.5. The van der Waals surface area contributed by atoms with Crippen LogP contribution in [0.2, 0.25) is 0 Å². The predicted molar refractivity (Wildman–Crippen MR) is 66.0 cm³/mol. The van der Waals surface area contributed by atoms with E-state index in [0.29, 0.717) is 13.0 Å². The molecule has 0 saturated carbocycles. The molecule has 0 aromatic carbocycles. The molecule has 3 aliphatic heterocycles. The lowest BCUT2D eigenvalue weighted by Crippen LogP contribution is -2.55. The minimum absolute atomic E-state index is 0.00334. The molecule has 104 valence electrons. The number of rotatable bonds is 1. The second-order valence-corrected chi connectivity index (χ2v) is 5.16. The SMILES string of the molecule is COC(=O)C1CCCN1C(=O)N1OC2C=CC1CC2. The molecule has 3 atom stereocenters. The summed E-state index contributed by atoms with van der Waals surface area (Å²) in [6, 6.07) is -0.686. The summed E-state index contributed by atoms with van der Waals surface area (Å²) in [5, 5.41) is 1.43. The summed E-state index contributed by atoms with van der Waals surface area (Å²) in [5.74, 6) is -0.344. The summed E-state index contributed by atoms with van der Waals surface area (Å²) in [6.45, 7) is 0.583. The fraction of sp³-hybridized carbons (Fsp3) is 0.692. The molecule has 6 nitrogen and oxygen atoms in total. The average molecular weight is 266 g/mol. The van der Waals surface area contributed by atoms with E-state index in [4.69, 9.17) is 9.57 Å². The number of ether oxygens (including phenoxy) is 1. The highest BCUT2D eigenvalue weighted by molar-refractivity contribution is 5.84. The lowest BCUT2D eigenvalue weighted by molar-refractivity contribution is -0.202. The summed E-state index contributed by atoms with van der Waals surface area (Å²) >= 11 is 0. The Bertz CT molecular complexity index is 423. The van der Waals surface area contributed by atoms with Crippen molar-refractivity contribution in [2.45, 2.75) is 43.9 Å². The Labute approximate surface area is 111 Å². The smallest absolute Gasteiger partial charge is 0.345 e. The fourth-order valence-electron chi connectivity index (χ4n) is 2.98. The van der Waals surface area contributed by atoms with Gasteiger partial charge in [0.15, 0.2) is 0 Å². The maximum Gasteiger partial charge on any atom is 0.345 e. The second kappa shape index (κ2) is 4.85. The molecule has 0 radical (unpaired) electrons. The topological polar surface area (TPSA) is 59.1 Å². The molecule has 19 heavy (non-hydrogen) atoms. The van der Waals surface area contributed by atoms with Crippen LogP contribution in [0, 0.1) is 0 Å². The molecule has 2 fully saturated rings. The number of nitrogens with zero attached hydrogens (tertiary/aromatic N) is 2. The highest BCUT2D eigenvalue weighted by Gasteiger charge is 2.42. The molecule has 4 rings (SSSR count). The summed E-state index contributed by atoms with van der Waals surface area (Å²) < 4.78 is 4.76. The van der Waals surface area contributed by atoms with E-state index in [2.05, 4.69) is 0 Å². The number of hydrogen-bond acceptors (Lipinski definition) is 4. The molecule has 0 aromatic heterocycles. The Balaban J connectivity index is 1.73. The third kappa shape index (κ3) is 2.10. The van der Waals surface area contributed by atoms with Crippen LogP contribution >= 0.6 is 0 Å². The van der Waals surface area contributed by atoms with Gasteiger partial charge >= 0.3 is 12.0 Å². The molecule has 0 spiro atoms. The number of hydroxylamine groups is 2. The Hall–Kier alpha value is -1.56. The lowest BCUT2D eigenvalue weighted by Gasteiger charge is -2.42. The molecule has 6 heteroatoms. The van der Waals surface area contributed by atoms with Gasteiger partial charge in [0.05, 0.1) is 13.2 Å². The molecule has 2 saturated heterocycles. The van der Waals surface area contributed by atoms with Gasteiger partial charge in [0.25, 0.3) is 0 Å². The zero-order valence-electron chi connectivity index (χ0n) is 10.9. The number of fused-ring (bicyclic) bond motifs is 2. The zero-order chi connectivity index (χ0) is 13.4. The minimum atomic E-state index is -0.467. The first-order valence-corrected chi connectivity index (χ1v) is 6.73. The Morgan fingerprint density at radius 3 is 2.68 bits per heavy atom. The van der Waals surface area contributed by atoms with E-state index in [0.717, 1.165) is 19.3 Å². The Morgan fingerprint density at radius 1 is 1.26 bits per heavy atom. The van der Waals surface area contributed by atoms with Crippen LogP contribution in [0.15, 0.2) is 12.2 Å². The first-order chi connectivity index (χ1) is 9.20. The van der Waals surface area contributed by atoms with Crippen LogP contribution in [0.3, 0.4) is 0 Å². The van der Waals surface area contributed by atoms with Gasteiger partial charge in [0.2, 0.25) is 0 Å². The van der Waals surface area contributed by atoms with Gasteiger partial charge in [0, 0.05) is 6.54 Å². The number of methoxy groups -OCH3 is 1. The minimum Gasteiger partial charge on any atom is -0.467 e. The molecule has 3 heterocycles. The zero-order valence-corrected chi connectivity index (χ0v) is 10.9. The van der Waals surface area contributed by atoms with E-state index in [1.165, 1.54) is 12.2 Å². The number of carbonyl (C=O) groups excluding carboxylic acids is 2. The molecule has 4 aliphatic rings. The predicted octanol–water partition coefficient (Wildman–Crippen LogP) is 1.08. The van der Waals surface area contributed by atoms with Crippen molar-refractivity contribution >= 4 is 12.0 Å². The second-order valence-electron chi connectivity index (χ2n) is 5.16. The van der Waals surface area contributed by atoms with Crippen molar-refractivity contribution in [2.75, 3.05) is 13.7 Å². The van der Waals surface area contributed by atoms with E-state index in [9.17, 15) is 9.59 Å². The molecule has 2 amide bonds. The standard InChI is InChI=1S/C13H18N2O4/c1-18-12(16)11-3-2-8-14(11)13(17)15-9-4-6-10(19-15)7-5-9/h4,6,9-11H,2-3,5,7-8H2,1H3. The van der Waals surface area contributed by atoms with Crippen LogP contribution in [0.25, 0.3) is 0 Å². The normalized spacial score (nSPS) is 32.8. The number of hydrogen-bond donors (Lipinski definition) is 0. The van der Waals surface area contributed by atoms with Crippen molar-refractivity contribution in [3.8, 4) is 0 Å². The van der Waals surface area contributed by atoms with Crippen LogP contribution in [0.1, 0.15) is 25.7 Å². The van der Waals surface area contributed by atoms with Crippen LogP contribution in [-0.4, -0.2) is 53.8 Å². The quantitative estimate of drug-likeness (QED) is 0.526. The van der Waals surface area contributed by atoms with Crippen LogP contribution in [0.4, 0.5) is 4.79 Å². The summed E-state index contributed by atoms with van der Waals surface area (Å²) in [7, 11) is 1.35. The van der Waals surface area contributed by atoms with Crippen molar-refractivity contribution in [1.29, 1.82) is 0 Å². The van der Waals surface area contributed by atoms with E-state index >= 15 is 0 Å². The third-order valence-electron chi connectivity index (χ3n) is 4.01. The van der Waals surface area contributed by atoms with E-state index in [1.54, 1.807) is 4.90 Å². The molecule has 0 aromatic rings. The summed E-state index contributed by atoms with van der Waals surface area (Å²) in [6.07, 6.45) is 7.36. The highest BCUT2D eigenvalue weighted by Crippen LogP contribution is 2.30. The fourth-order valence-corrected chi connectivity index (χ4v) is 2.98. The van der Waals surface area contributed by atoms with Crippen molar-refractivity contribution < 1.29 is 19.2 Å². The lowest BCUT2D eigenvalue weighted by atomic mass is 9.98. The number of amides is 2. The van der Waals surface area contributed by atoms with Gasteiger partial charge < -0.3 is 9.64 Å². The van der Waals surface area contributed by atoms with Crippen molar-refractivity contribution in [3.63, 3.8) is 0 Å². The first-order valence-electron chi connectivity index (χ1n) is 6.73. The summed E-state index contributed by atoms with van der Waals surface area (Å²) in [5.41, 5.74) is 0. The van der Waals surface area contributed by atoms with Gasteiger partial charge in [-0.1, -0.05) is 12.2 Å². The molecular weight excluding hydrogens is 248 g/mol. The van der Waals surface area contributed by atoms with E-state index < -0.39 is 6.04 Å². The molecule has 2 bridgehead atoms. The number of carbonyl (C=O) groups is 2. The molecule has 1 aliphatic carbocycles. The average Bonchev–Trinajstić information content (AvgIpc) is 2.96. The van der Waals surface area contributed by atoms with Crippen LogP contribution in [-0.2, 0) is 14.4 Å². The number of esters is 1. The Kier molecular flexibility index (Phi) is 3.18. The molecule has 0 N–H and O–H groups in total. The number of urea groups is 1. The number of likely N-dealkylation sites (tertiary alicyclic amines) is 1. The van der Waals surface area contributed by atoms with Crippen molar-refractivity contribution in [3.05, 3.63) is 12.2 Å². The van der Waals surface area contributed by atoms with Gasteiger partial charge in [-0.15, -0.1) is 0 Å². The summed E-state index contributed by atoms with van der Waals surface area (Å²) in [4.78, 5) is 31.4. The molecule has 3 unspecified atom stereocenters. The Morgan fingerprint density at radius 2 is 2.11 bits per heavy atom. The van der Waals surface area contributed by atoms with E-state index in [1.807, 2.05) is 12.2 Å². The van der Waals surface area contributed by atoms with Gasteiger partial charge in [-0.2, -0.15) is 5.06 Å². The first kappa shape index (κ1) is 12.5. The van der Waals surface area contributed by atoms with Gasteiger partial charge in [-0.05, 0) is 25.7 Å². The van der Waals surface area contributed by atoms with Gasteiger partial charge in [0.1, 0.15) is 12.1 Å². The van der Waals surface area contributed by atoms with Crippen LogP contribution < -0.4 is 0 Å². The van der Waals surface area contributed by atoms with Crippen LogP contribution in [0.5, 0.6) is 0 Å². The largest absolute Gasteiger partial charge is 0.467 e. The third-order valence-corrected chi connectivity index (χ3v) is 4.01. The maximum absolute atomic E-state index is 12.5. The van der Waals surface area contributed by atoms with E-state index in [-0.39, 0.29) is 24.1 Å².